The van der Waals surface area contributed by atoms with E-state index in [1.165, 1.54) is 6.33 Å². The van der Waals surface area contributed by atoms with Gasteiger partial charge in [-0.2, -0.15) is 0 Å². The van der Waals surface area contributed by atoms with E-state index in [0.29, 0.717) is 59.7 Å². The fraction of sp³-hybridized carbons (Fsp3) is 0.333. The molecule has 0 fully saturated rings. The maximum absolute atomic E-state index is 12.5. The van der Waals surface area contributed by atoms with Gasteiger partial charge in [-0.05, 0) is 25.0 Å². The molecule has 31 heavy (non-hydrogen) atoms. The molecular weight excluding hydrogens is 420 g/mol. The van der Waals surface area contributed by atoms with Crippen molar-refractivity contribution in [2.24, 2.45) is 0 Å². The normalized spacial score (nSPS) is 18.9. The van der Waals surface area contributed by atoms with E-state index in [-0.39, 0.29) is 11.8 Å². The molecule has 1 aromatic heterocycles. The Morgan fingerprint density at radius 1 is 1.16 bits per heavy atom. The number of hydrogen-bond acceptors (Lipinski definition) is 7. The SMILES string of the molecule is CN1CCNc2ncnc3c2/C(=C/Nc2ccc(Cl)c(c2)OCCCCC1=O)C(=O)N3. The quantitative estimate of drug-likeness (QED) is 0.575. The molecule has 0 saturated carbocycles. The molecule has 2 amide bonds. The second-order valence-corrected chi connectivity index (χ2v) is 7.70. The number of anilines is 3. The predicted molar refractivity (Wildman–Crippen MR) is 119 cm³/mol. The van der Waals surface area contributed by atoms with Crippen LogP contribution >= 0.6 is 11.6 Å². The molecule has 4 rings (SSSR count). The van der Waals surface area contributed by atoms with Crippen LogP contribution in [0.2, 0.25) is 5.02 Å². The summed E-state index contributed by atoms with van der Waals surface area (Å²) in [5, 5.41) is 9.60. The zero-order valence-electron chi connectivity index (χ0n) is 17.1. The highest BCUT2D eigenvalue weighted by molar-refractivity contribution is 6.33. The van der Waals surface area contributed by atoms with Gasteiger partial charge >= 0.3 is 0 Å². The van der Waals surface area contributed by atoms with Gasteiger partial charge in [0.15, 0.2) is 0 Å². The number of amides is 2. The zero-order valence-corrected chi connectivity index (χ0v) is 17.8. The van der Waals surface area contributed by atoms with Crippen LogP contribution in [0.3, 0.4) is 0 Å². The Morgan fingerprint density at radius 2 is 2.00 bits per heavy atom. The molecule has 0 saturated heterocycles. The third-order valence-electron chi connectivity index (χ3n) is 5.12. The van der Waals surface area contributed by atoms with Crippen molar-refractivity contribution in [1.29, 1.82) is 0 Å². The number of rotatable bonds is 0. The van der Waals surface area contributed by atoms with Crippen LogP contribution in [0, 0.1) is 0 Å². The molecule has 162 valence electrons. The highest BCUT2D eigenvalue weighted by atomic mass is 35.5. The number of likely N-dealkylation sites (N-methyl/N-ethyl adjacent to an activating group) is 1. The summed E-state index contributed by atoms with van der Waals surface area (Å²) in [6.45, 7) is 1.45. The third kappa shape index (κ3) is 4.72. The van der Waals surface area contributed by atoms with Crippen LogP contribution in [0.5, 0.6) is 5.75 Å². The Kier molecular flexibility index (Phi) is 6.22. The molecule has 0 atom stereocenters. The Hall–Kier alpha value is -3.33. The number of ether oxygens (including phenoxy) is 1. The van der Waals surface area contributed by atoms with Crippen molar-refractivity contribution < 1.29 is 14.3 Å². The molecule has 2 aliphatic rings. The summed E-state index contributed by atoms with van der Waals surface area (Å²) in [5.41, 5.74) is 1.71. The van der Waals surface area contributed by atoms with Crippen LogP contribution in [-0.2, 0) is 9.59 Å². The van der Waals surface area contributed by atoms with Crippen molar-refractivity contribution in [2.45, 2.75) is 19.3 Å². The lowest BCUT2D eigenvalue weighted by Crippen LogP contribution is -2.31. The number of nitrogens with one attached hydrogen (secondary N) is 3. The molecule has 3 N–H and O–H groups in total. The van der Waals surface area contributed by atoms with Gasteiger partial charge in [-0.1, -0.05) is 11.6 Å². The first-order valence-corrected chi connectivity index (χ1v) is 10.4. The molecule has 0 radical (unpaired) electrons. The first kappa shape index (κ1) is 20.9. The molecule has 1 aromatic carbocycles. The fourth-order valence-corrected chi connectivity index (χ4v) is 3.54. The lowest BCUT2D eigenvalue weighted by atomic mass is 10.1. The van der Waals surface area contributed by atoms with Gasteiger partial charge in [0.1, 0.15) is 23.7 Å². The third-order valence-corrected chi connectivity index (χ3v) is 5.43. The van der Waals surface area contributed by atoms with Crippen LogP contribution in [0.25, 0.3) is 5.57 Å². The maximum Gasteiger partial charge on any atom is 0.259 e. The summed E-state index contributed by atoms with van der Waals surface area (Å²) >= 11 is 6.25. The zero-order chi connectivity index (χ0) is 21.8. The Balaban J connectivity index is 1.66. The minimum absolute atomic E-state index is 0.0671. The molecule has 10 heteroatoms. The van der Waals surface area contributed by atoms with Crippen molar-refractivity contribution >= 4 is 46.3 Å². The molecular formula is C21H23ClN6O3. The molecule has 9 nitrogen and oxygen atoms in total. The molecule has 0 unspecified atom stereocenters. The molecule has 2 aliphatic heterocycles. The number of carbonyl (C=O) groups excluding carboxylic acids is 2. The number of hydrogen-bond donors (Lipinski definition) is 3. The van der Waals surface area contributed by atoms with Gasteiger partial charge in [0, 0.05) is 44.5 Å². The van der Waals surface area contributed by atoms with Gasteiger partial charge in [-0.25, -0.2) is 9.97 Å². The summed E-state index contributed by atoms with van der Waals surface area (Å²) in [4.78, 5) is 35.0. The van der Waals surface area contributed by atoms with E-state index >= 15 is 0 Å². The second-order valence-electron chi connectivity index (χ2n) is 7.30. The summed E-state index contributed by atoms with van der Waals surface area (Å²) in [7, 11) is 1.77. The van der Waals surface area contributed by atoms with E-state index in [0.717, 1.165) is 18.5 Å². The molecule has 0 spiro atoms. The van der Waals surface area contributed by atoms with Gasteiger partial charge in [0.2, 0.25) is 5.91 Å². The van der Waals surface area contributed by atoms with E-state index in [9.17, 15) is 9.59 Å². The molecule has 2 bridgehead atoms. The summed E-state index contributed by atoms with van der Waals surface area (Å²) in [6, 6.07) is 5.30. The lowest BCUT2D eigenvalue weighted by Gasteiger charge is -2.18. The minimum atomic E-state index is -0.279. The average Bonchev–Trinajstić information content (AvgIpc) is 3.08. The van der Waals surface area contributed by atoms with Crippen LogP contribution in [0.15, 0.2) is 30.7 Å². The number of nitrogens with zero attached hydrogens (tertiary/aromatic N) is 3. The summed E-state index contributed by atoms with van der Waals surface area (Å²) < 4.78 is 5.80. The minimum Gasteiger partial charge on any atom is -0.492 e. The topological polar surface area (TPSA) is 108 Å². The van der Waals surface area contributed by atoms with E-state index in [1.807, 2.05) is 0 Å². The standard InChI is InChI=1S/C21H23ClN6O3/c1-28-8-7-23-19-18-14(21(30)27-20(18)26-12-25-19)11-24-13-5-6-15(22)16(10-13)31-9-3-2-4-17(28)29/h5-6,10-12,24H,2-4,7-9H2,1H3,(H2,23,25,26,27,30)/b14-11-. The number of fused-ring (bicyclic) bond motifs is 2. The van der Waals surface area contributed by atoms with Crippen LogP contribution in [-0.4, -0.2) is 53.4 Å². The largest absolute Gasteiger partial charge is 0.492 e. The number of aromatic nitrogens is 2. The number of carbonyl (C=O) groups is 2. The Labute approximate surface area is 184 Å². The highest BCUT2D eigenvalue weighted by Gasteiger charge is 2.29. The van der Waals surface area contributed by atoms with Crippen molar-refractivity contribution in [3.63, 3.8) is 0 Å². The van der Waals surface area contributed by atoms with Crippen molar-refractivity contribution in [3.8, 4) is 5.75 Å². The van der Waals surface area contributed by atoms with Crippen molar-refractivity contribution in [2.75, 3.05) is 42.7 Å². The smallest absolute Gasteiger partial charge is 0.259 e. The van der Waals surface area contributed by atoms with Crippen molar-refractivity contribution in [3.05, 3.63) is 41.3 Å². The van der Waals surface area contributed by atoms with E-state index < -0.39 is 0 Å². The van der Waals surface area contributed by atoms with Crippen LogP contribution in [0.4, 0.5) is 17.3 Å². The van der Waals surface area contributed by atoms with Gasteiger partial charge in [-0.15, -0.1) is 0 Å². The Morgan fingerprint density at radius 3 is 2.87 bits per heavy atom. The molecule has 0 aliphatic carbocycles. The van der Waals surface area contributed by atoms with Gasteiger partial charge in [0.05, 0.1) is 22.8 Å². The van der Waals surface area contributed by atoms with E-state index in [4.69, 9.17) is 16.3 Å². The monoisotopic (exact) mass is 442 g/mol. The van der Waals surface area contributed by atoms with Crippen LogP contribution < -0.4 is 20.7 Å². The average molecular weight is 443 g/mol. The van der Waals surface area contributed by atoms with Crippen molar-refractivity contribution in [1.82, 2.24) is 14.9 Å². The first-order valence-electron chi connectivity index (χ1n) is 10.1. The van der Waals surface area contributed by atoms with E-state index in [2.05, 4.69) is 25.9 Å². The summed E-state index contributed by atoms with van der Waals surface area (Å²) in [5.74, 6) is 1.29. The fourth-order valence-electron chi connectivity index (χ4n) is 3.37. The highest BCUT2D eigenvalue weighted by Crippen LogP contribution is 2.35. The van der Waals surface area contributed by atoms with Gasteiger partial charge in [0.25, 0.3) is 5.91 Å². The molecule has 2 aromatic rings. The Bertz CT molecular complexity index is 1040. The second kappa shape index (κ2) is 9.22. The molecule has 3 heterocycles. The van der Waals surface area contributed by atoms with Gasteiger partial charge < -0.3 is 25.6 Å². The number of benzene rings is 1. The summed E-state index contributed by atoms with van der Waals surface area (Å²) in [6.07, 6.45) is 4.92. The van der Waals surface area contributed by atoms with E-state index in [1.54, 1.807) is 36.3 Å². The van der Waals surface area contributed by atoms with Gasteiger partial charge in [-0.3, -0.25) is 9.59 Å². The predicted octanol–water partition coefficient (Wildman–Crippen LogP) is 2.97. The number of halogens is 1. The lowest BCUT2D eigenvalue weighted by molar-refractivity contribution is -0.129. The first-order chi connectivity index (χ1) is 15.0. The van der Waals surface area contributed by atoms with Crippen LogP contribution in [0.1, 0.15) is 24.8 Å². The maximum atomic E-state index is 12.5.